The minimum Gasteiger partial charge on any atom is -0.493 e. The molecule has 28 heavy (non-hydrogen) atoms. The van der Waals surface area contributed by atoms with E-state index < -0.39 is 5.97 Å². The van der Waals surface area contributed by atoms with Gasteiger partial charge in [-0.3, -0.25) is 0 Å². The van der Waals surface area contributed by atoms with E-state index >= 15 is 0 Å². The first-order valence-corrected chi connectivity index (χ1v) is 9.17. The fourth-order valence-electron chi connectivity index (χ4n) is 3.35. The van der Waals surface area contributed by atoms with Crippen LogP contribution in [0.4, 0.5) is 0 Å². The minimum absolute atomic E-state index is 0.153. The number of carboxylic acids is 1. The summed E-state index contributed by atoms with van der Waals surface area (Å²) in [5.41, 5.74) is 2.53. The highest BCUT2D eigenvalue weighted by Gasteiger charge is 2.14. The average molecular weight is 375 g/mol. The molecule has 4 rings (SSSR count). The first-order chi connectivity index (χ1) is 13.5. The number of ether oxygens (including phenoxy) is 1. The maximum absolute atomic E-state index is 11.6. The summed E-state index contributed by atoms with van der Waals surface area (Å²) in [4.78, 5) is 23.0. The van der Waals surface area contributed by atoms with Crippen LogP contribution in [0.2, 0.25) is 0 Å². The van der Waals surface area contributed by atoms with Gasteiger partial charge in [0.25, 0.3) is 0 Å². The van der Waals surface area contributed by atoms with Gasteiger partial charge in [0.2, 0.25) is 0 Å². The zero-order valence-electron chi connectivity index (χ0n) is 15.8. The molecule has 0 atom stereocenters. The van der Waals surface area contributed by atoms with Crippen LogP contribution in [0.3, 0.4) is 0 Å². The largest absolute Gasteiger partial charge is 0.493 e. The maximum atomic E-state index is 11.6. The first kappa shape index (κ1) is 18.1. The lowest BCUT2D eigenvalue weighted by Crippen LogP contribution is -2.15. The Morgan fingerprint density at radius 3 is 2.54 bits per heavy atom. The normalized spacial score (nSPS) is 11.5. The molecule has 0 aliphatic heterocycles. The van der Waals surface area contributed by atoms with Gasteiger partial charge in [0, 0.05) is 17.3 Å². The van der Waals surface area contributed by atoms with Gasteiger partial charge >= 0.3 is 5.97 Å². The third-order valence-electron chi connectivity index (χ3n) is 4.69. The molecular weight excluding hydrogens is 354 g/mol. The number of fused-ring (bicyclic) bond motifs is 4. The summed E-state index contributed by atoms with van der Waals surface area (Å²) in [6.45, 7) is 1.59. The Kier molecular flexibility index (Phi) is 4.79. The second-order valence-electron chi connectivity index (χ2n) is 6.99. The number of hydrogen-bond acceptors (Lipinski definition) is 5. The summed E-state index contributed by atoms with van der Waals surface area (Å²) in [5.74, 6) is -0.212. The van der Waals surface area contributed by atoms with Crippen molar-refractivity contribution in [2.45, 2.75) is 6.42 Å². The predicted molar refractivity (Wildman–Crippen MR) is 110 cm³/mol. The zero-order chi connectivity index (χ0) is 19.7. The number of carboxylic acid groups (broad SMARTS) is 1. The lowest BCUT2D eigenvalue weighted by molar-refractivity contribution is 0.0699. The zero-order valence-corrected chi connectivity index (χ0v) is 15.8. The molecule has 3 aromatic carbocycles. The Balaban J connectivity index is 1.83. The van der Waals surface area contributed by atoms with Gasteiger partial charge in [0.1, 0.15) is 11.3 Å². The van der Waals surface area contributed by atoms with Crippen molar-refractivity contribution in [2.24, 2.45) is 0 Å². The minimum atomic E-state index is -1.01. The van der Waals surface area contributed by atoms with Crippen molar-refractivity contribution in [1.82, 2.24) is 14.9 Å². The molecule has 6 heteroatoms. The Morgan fingerprint density at radius 1 is 0.964 bits per heavy atom. The van der Waals surface area contributed by atoms with Crippen LogP contribution in [0, 0.1) is 0 Å². The highest BCUT2D eigenvalue weighted by Crippen LogP contribution is 2.31. The summed E-state index contributed by atoms with van der Waals surface area (Å²) in [6, 6.07) is 14.8. The van der Waals surface area contributed by atoms with Crippen LogP contribution in [0.15, 0.2) is 48.5 Å². The Bertz CT molecular complexity index is 1190. The monoisotopic (exact) mass is 375 g/mol. The standard InChI is InChI=1S/C22H21N3O3/c1-25(2)12-5-13-28-19-9-4-6-15-14(19)10-11-18-20(15)24-21-16(22(26)27)7-3-8-17(21)23-18/h3-4,6-11H,5,12-13H2,1-2H3,(H,26,27). The first-order valence-electron chi connectivity index (χ1n) is 9.17. The van der Waals surface area contributed by atoms with E-state index in [1.165, 1.54) is 0 Å². The number of benzene rings is 3. The van der Waals surface area contributed by atoms with E-state index in [4.69, 9.17) is 4.74 Å². The summed E-state index contributed by atoms with van der Waals surface area (Å²) in [6.07, 6.45) is 0.934. The molecule has 1 N–H and O–H groups in total. The lowest BCUT2D eigenvalue weighted by atomic mass is 10.1. The third-order valence-corrected chi connectivity index (χ3v) is 4.69. The van der Waals surface area contributed by atoms with E-state index in [-0.39, 0.29) is 5.56 Å². The van der Waals surface area contributed by atoms with Crippen LogP contribution < -0.4 is 4.74 Å². The van der Waals surface area contributed by atoms with Crippen LogP contribution >= 0.6 is 0 Å². The second-order valence-corrected chi connectivity index (χ2v) is 6.99. The number of nitrogens with zero attached hydrogens (tertiary/aromatic N) is 3. The summed E-state index contributed by atoms with van der Waals surface area (Å²) in [7, 11) is 4.08. The van der Waals surface area contributed by atoms with Crippen LogP contribution in [-0.2, 0) is 0 Å². The molecular formula is C22H21N3O3. The number of rotatable bonds is 6. The fraction of sp³-hybridized carbons (Fsp3) is 0.227. The Morgan fingerprint density at radius 2 is 1.75 bits per heavy atom. The Hall–Kier alpha value is -3.25. The lowest BCUT2D eigenvalue weighted by Gasteiger charge is -2.13. The molecule has 6 nitrogen and oxygen atoms in total. The van der Waals surface area contributed by atoms with Gasteiger partial charge < -0.3 is 14.7 Å². The fourth-order valence-corrected chi connectivity index (χ4v) is 3.35. The number of para-hydroxylation sites is 1. The van der Waals surface area contributed by atoms with Crippen LogP contribution in [0.25, 0.3) is 32.8 Å². The van der Waals surface area contributed by atoms with Gasteiger partial charge in [0.15, 0.2) is 0 Å². The van der Waals surface area contributed by atoms with E-state index in [9.17, 15) is 9.90 Å². The van der Waals surface area contributed by atoms with Crippen LogP contribution in [0.1, 0.15) is 16.8 Å². The smallest absolute Gasteiger partial charge is 0.337 e. The van der Waals surface area contributed by atoms with E-state index in [0.29, 0.717) is 23.2 Å². The van der Waals surface area contributed by atoms with Crippen molar-refractivity contribution < 1.29 is 14.6 Å². The van der Waals surface area contributed by atoms with Crippen molar-refractivity contribution >= 4 is 38.8 Å². The van der Waals surface area contributed by atoms with Gasteiger partial charge in [-0.25, -0.2) is 14.8 Å². The van der Waals surface area contributed by atoms with Crippen molar-refractivity contribution in [2.75, 3.05) is 27.2 Å². The van der Waals surface area contributed by atoms with Gasteiger partial charge in [-0.2, -0.15) is 0 Å². The molecule has 0 fully saturated rings. The SMILES string of the molecule is CN(C)CCCOc1cccc2c1ccc1nc3cccc(C(=O)O)c3nc12. The Labute approximate surface area is 162 Å². The predicted octanol–water partition coefficient (Wildman–Crippen LogP) is 3.96. The summed E-state index contributed by atoms with van der Waals surface area (Å²) < 4.78 is 6.00. The molecule has 1 heterocycles. The number of hydrogen-bond donors (Lipinski definition) is 1. The van der Waals surface area contributed by atoms with E-state index in [2.05, 4.69) is 14.9 Å². The second kappa shape index (κ2) is 7.40. The summed E-state index contributed by atoms with van der Waals surface area (Å²) >= 11 is 0. The van der Waals surface area contributed by atoms with Crippen molar-refractivity contribution in [3.63, 3.8) is 0 Å². The number of aromatic nitrogens is 2. The molecule has 0 radical (unpaired) electrons. The molecule has 0 spiro atoms. The third kappa shape index (κ3) is 3.34. The molecule has 0 saturated heterocycles. The molecule has 4 aromatic rings. The van der Waals surface area contributed by atoms with Crippen molar-refractivity contribution in [1.29, 1.82) is 0 Å². The highest BCUT2D eigenvalue weighted by molar-refractivity contribution is 6.10. The quantitative estimate of drug-likeness (QED) is 0.312. The van der Waals surface area contributed by atoms with Crippen molar-refractivity contribution in [3.8, 4) is 5.75 Å². The number of aromatic carboxylic acids is 1. The van der Waals surface area contributed by atoms with Crippen molar-refractivity contribution in [3.05, 3.63) is 54.1 Å². The van der Waals surface area contributed by atoms with Gasteiger partial charge in [-0.15, -0.1) is 0 Å². The van der Waals surface area contributed by atoms with Gasteiger partial charge in [-0.05, 0) is 50.8 Å². The average Bonchev–Trinajstić information content (AvgIpc) is 2.68. The van der Waals surface area contributed by atoms with Gasteiger partial charge in [0.05, 0.1) is 28.7 Å². The molecule has 0 amide bonds. The van der Waals surface area contributed by atoms with Crippen LogP contribution in [-0.4, -0.2) is 53.2 Å². The molecule has 0 unspecified atom stereocenters. The topological polar surface area (TPSA) is 75.5 Å². The highest BCUT2D eigenvalue weighted by atomic mass is 16.5. The van der Waals surface area contributed by atoms with E-state index in [0.717, 1.165) is 35.0 Å². The molecule has 0 aliphatic carbocycles. The van der Waals surface area contributed by atoms with E-state index in [1.54, 1.807) is 18.2 Å². The molecule has 0 bridgehead atoms. The molecule has 0 saturated carbocycles. The van der Waals surface area contributed by atoms with Crippen LogP contribution in [0.5, 0.6) is 5.75 Å². The molecule has 1 aromatic heterocycles. The maximum Gasteiger partial charge on any atom is 0.337 e. The number of carbonyl (C=O) groups is 1. The van der Waals surface area contributed by atoms with Gasteiger partial charge in [-0.1, -0.05) is 18.2 Å². The summed E-state index contributed by atoms with van der Waals surface area (Å²) in [5, 5.41) is 11.3. The van der Waals surface area contributed by atoms with E-state index in [1.807, 2.05) is 44.4 Å². The molecule has 142 valence electrons. The molecule has 0 aliphatic rings.